The van der Waals surface area contributed by atoms with E-state index in [0.29, 0.717) is 49.2 Å². The zero-order valence-corrected chi connectivity index (χ0v) is 37.9. The average Bonchev–Trinajstić information content (AvgIpc) is 3.83. The summed E-state index contributed by atoms with van der Waals surface area (Å²) in [5.41, 5.74) is 6.63. The summed E-state index contributed by atoms with van der Waals surface area (Å²) in [6.07, 6.45) is 14.8. The van der Waals surface area contributed by atoms with Crippen LogP contribution in [-0.4, -0.2) is 98.5 Å². The van der Waals surface area contributed by atoms with Gasteiger partial charge in [0.15, 0.2) is 0 Å². The molecule has 16 heteroatoms. The Morgan fingerprint density at radius 2 is 1.83 bits per heavy atom. The number of aromatic amines is 1. The number of anilines is 2. The molecule has 4 aliphatic rings. The third-order valence-electron chi connectivity index (χ3n) is 13.3. The zero-order chi connectivity index (χ0) is 45.1. The number of likely N-dealkylation sites (N-methyl/N-ethyl adjacent to an activating group) is 1. The summed E-state index contributed by atoms with van der Waals surface area (Å²) >= 11 is 0. The molecule has 4 N–H and O–H groups in total. The van der Waals surface area contributed by atoms with Crippen molar-refractivity contribution in [2.75, 3.05) is 64.1 Å². The molecule has 0 spiro atoms. The Morgan fingerprint density at radius 3 is 2.60 bits per heavy atom. The van der Waals surface area contributed by atoms with Gasteiger partial charge >= 0.3 is 0 Å². The van der Waals surface area contributed by atoms with Crippen LogP contribution >= 0.6 is 0 Å². The van der Waals surface area contributed by atoms with E-state index in [1.54, 1.807) is 30.6 Å². The summed E-state index contributed by atoms with van der Waals surface area (Å²) in [7, 11) is -0.363. The van der Waals surface area contributed by atoms with Crippen molar-refractivity contribution in [3.63, 3.8) is 0 Å². The molecule has 15 nitrogen and oxygen atoms in total. The Bertz CT molecular complexity index is 2690. The highest BCUT2D eigenvalue weighted by molar-refractivity contribution is 7.90. The molecule has 0 bridgehead atoms. The second-order valence-corrected chi connectivity index (χ2v) is 19.8. The first kappa shape index (κ1) is 44.4. The van der Waals surface area contributed by atoms with Crippen molar-refractivity contribution in [2.45, 2.75) is 80.7 Å². The molecule has 3 aromatic carbocycles. The SMILES string of the molecule is CN(C)CCNc1ccc(C2CC2)c(C2CCCN2C2CC=C(c3ccc(C(=O)NS(=O)(=O)c4ccc(NCC5CCOCC5)c([N+](=O)[O-])c4)c(Oc4cnc5[nH]ccc5c4)c3)CC2)c1. The highest BCUT2D eigenvalue weighted by atomic mass is 32.2. The number of allylic oxidation sites excluding steroid dienone is 1. The summed E-state index contributed by atoms with van der Waals surface area (Å²) in [5, 5.41) is 19.7. The van der Waals surface area contributed by atoms with Crippen LogP contribution in [0.15, 0.2) is 90.1 Å². The van der Waals surface area contributed by atoms with Crippen molar-refractivity contribution in [3.8, 4) is 11.5 Å². The van der Waals surface area contributed by atoms with Gasteiger partial charge in [0, 0.05) is 68.3 Å². The highest BCUT2D eigenvalue weighted by Gasteiger charge is 2.37. The summed E-state index contributed by atoms with van der Waals surface area (Å²) < 4.78 is 41.4. The molecule has 5 aromatic rings. The number of nitro groups is 1. The van der Waals surface area contributed by atoms with Crippen molar-refractivity contribution in [3.05, 3.63) is 118 Å². The normalized spacial score (nSPS) is 19.6. The number of aromatic nitrogens is 2. The summed E-state index contributed by atoms with van der Waals surface area (Å²) in [4.78, 5) is 37.5. The number of pyridine rings is 1. The molecule has 4 heterocycles. The largest absolute Gasteiger partial charge is 0.455 e. The number of ether oxygens (including phenoxy) is 2. The molecule has 2 unspecified atom stereocenters. The van der Waals surface area contributed by atoms with Crippen LogP contribution in [-0.2, 0) is 14.8 Å². The van der Waals surface area contributed by atoms with Gasteiger partial charge in [-0.15, -0.1) is 0 Å². The van der Waals surface area contributed by atoms with Gasteiger partial charge < -0.3 is 30.0 Å². The molecule has 2 saturated heterocycles. The van der Waals surface area contributed by atoms with E-state index < -0.39 is 31.4 Å². The van der Waals surface area contributed by atoms with Crippen LogP contribution in [0.5, 0.6) is 11.5 Å². The number of nitro benzene ring substituents is 1. The highest BCUT2D eigenvalue weighted by Crippen LogP contribution is 2.48. The van der Waals surface area contributed by atoms with Gasteiger partial charge in [0.05, 0.1) is 21.6 Å². The van der Waals surface area contributed by atoms with Gasteiger partial charge in [0.25, 0.3) is 21.6 Å². The molecule has 2 atom stereocenters. The van der Waals surface area contributed by atoms with E-state index in [2.05, 4.69) is 73.5 Å². The lowest BCUT2D eigenvalue weighted by molar-refractivity contribution is -0.384. The van der Waals surface area contributed by atoms with Crippen molar-refractivity contribution in [1.29, 1.82) is 0 Å². The number of sulfonamides is 1. The zero-order valence-electron chi connectivity index (χ0n) is 37.1. The molecule has 1 amide bonds. The summed E-state index contributed by atoms with van der Waals surface area (Å²) in [6, 6.07) is 20.2. The van der Waals surface area contributed by atoms with E-state index in [0.717, 1.165) is 80.7 Å². The number of hydrogen-bond acceptors (Lipinski definition) is 12. The predicted molar refractivity (Wildman–Crippen MR) is 252 cm³/mol. The first-order chi connectivity index (χ1) is 31.5. The molecule has 0 radical (unpaired) electrons. The Hall–Kier alpha value is -5.81. The van der Waals surface area contributed by atoms with Crippen LogP contribution < -0.4 is 20.1 Å². The number of benzene rings is 3. The fourth-order valence-electron chi connectivity index (χ4n) is 9.62. The van der Waals surface area contributed by atoms with Gasteiger partial charge in [-0.3, -0.25) is 19.8 Å². The minimum atomic E-state index is -4.55. The molecule has 2 aliphatic heterocycles. The first-order valence-electron chi connectivity index (χ1n) is 22.9. The topological polar surface area (TPSA) is 184 Å². The maximum Gasteiger partial charge on any atom is 0.293 e. The fraction of sp³-hybridized carbons (Fsp3) is 0.429. The molecular weight excluding hydrogens is 845 g/mol. The number of carbonyl (C=O) groups is 1. The Kier molecular flexibility index (Phi) is 13.2. The quantitative estimate of drug-likeness (QED) is 0.0515. The minimum Gasteiger partial charge on any atom is -0.455 e. The van der Waals surface area contributed by atoms with Crippen molar-refractivity contribution < 1.29 is 27.6 Å². The number of likely N-dealkylation sites (tertiary alicyclic amines) is 1. The smallest absolute Gasteiger partial charge is 0.293 e. The fourth-order valence-corrected chi connectivity index (χ4v) is 10.6. The van der Waals surface area contributed by atoms with Gasteiger partial charge in [-0.25, -0.2) is 18.1 Å². The van der Waals surface area contributed by atoms with Crippen molar-refractivity contribution >= 4 is 49.6 Å². The van der Waals surface area contributed by atoms with Crippen LogP contribution in [0.4, 0.5) is 17.1 Å². The molecule has 1 saturated carbocycles. The van der Waals surface area contributed by atoms with Crippen molar-refractivity contribution in [2.24, 2.45) is 5.92 Å². The monoisotopic (exact) mass is 902 g/mol. The number of amides is 1. The van der Waals surface area contributed by atoms with E-state index in [1.807, 2.05) is 12.1 Å². The molecule has 2 aliphatic carbocycles. The molecule has 3 fully saturated rings. The van der Waals surface area contributed by atoms with E-state index >= 15 is 0 Å². The number of rotatable bonds is 17. The van der Waals surface area contributed by atoms with Gasteiger partial charge in [-0.2, -0.15) is 0 Å². The molecular formula is C49H58N8O7S. The summed E-state index contributed by atoms with van der Waals surface area (Å²) in [6.45, 7) is 4.68. The number of fused-ring (bicyclic) bond motifs is 1. The third-order valence-corrected chi connectivity index (χ3v) is 14.7. The van der Waals surface area contributed by atoms with E-state index in [4.69, 9.17) is 9.47 Å². The molecule has 342 valence electrons. The van der Waals surface area contributed by atoms with E-state index in [-0.39, 0.29) is 22.9 Å². The van der Waals surface area contributed by atoms with Crippen LogP contribution in [0.2, 0.25) is 0 Å². The lowest BCUT2D eigenvalue weighted by atomic mass is 9.88. The van der Waals surface area contributed by atoms with Crippen LogP contribution in [0, 0.1) is 16.0 Å². The minimum absolute atomic E-state index is 0.0187. The number of carbonyl (C=O) groups excluding carboxylic acids is 1. The van der Waals surface area contributed by atoms with Gasteiger partial charge in [0.1, 0.15) is 22.8 Å². The Balaban J connectivity index is 0.942. The number of nitrogens with zero attached hydrogens (tertiary/aromatic N) is 4. The van der Waals surface area contributed by atoms with E-state index in [1.165, 1.54) is 48.2 Å². The Morgan fingerprint density at radius 1 is 0.985 bits per heavy atom. The number of hydrogen-bond donors (Lipinski definition) is 4. The maximum absolute atomic E-state index is 14.0. The lowest BCUT2D eigenvalue weighted by Crippen LogP contribution is -2.36. The van der Waals surface area contributed by atoms with Crippen molar-refractivity contribution in [1.82, 2.24) is 24.5 Å². The predicted octanol–water partition coefficient (Wildman–Crippen LogP) is 8.84. The lowest BCUT2D eigenvalue weighted by Gasteiger charge is -2.36. The van der Waals surface area contributed by atoms with Crippen LogP contribution in [0.25, 0.3) is 16.6 Å². The van der Waals surface area contributed by atoms with Crippen LogP contribution in [0.1, 0.15) is 96.8 Å². The molecule has 2 aromatic heterocycles. The maximum atomic E-state index is 14.0. The second-order valence-electron chi connectivity index (χ2n) is 18.1. The van der Waals surface area contributed by atoms with Gasteiger partial charge in [0.2, 0.25) is 0 Å². The summed E-state index contributed by atoms with van der Waals surface area (Å²) in [5.74, 6) is 0.516. The average molecular weight is 903 g/mol. The van der Waals surface area contributed by atoms with Crippen LogP contribution in [0.3, 0.4) is 0 Å². The Labute approximate surface area is 380 Å². The van der Waals surface area contributed by atoms with Gasteiger partial charge in [-0.1, -0.05) is 18.2 Å². The second kappa shape index (κ2) is 19.3. The number of nitrogens with one attached hydrogen (secondary N) is 4. The van der Waals surface area contributed by atoms with Gasteiger partial charge in [-0.05, 0) is 161 Å². The first-order valence-corrected chi connectivity index (χ1v) is 24.4. The third kappa shape index (κ3) is 10.4. The molecule has 65 heavy (non-hydrogen) atoms. The number of H-pyrrole nitrogens is 1. The standard InChI is InChI=1S/C49H58N8O7S/c1-55(2)23-21-50-37-10-15-41(34-5-6-34)43(28-37)45-4-3-22-56(45)38-11-7-33(8-12-38)35-9-14-42(47(27-35)64-39-26-36-17-20-51-48(36)53-31-39)49(58)54-65(61,62)40-13-16-44(46(29-40)57(59)60)52-30-32-18-24-63-25-19-32/h7,9-10,13-17,20,26-29,31-32,34,38,45,50,52H,3-6,8,11-12,18-19,21-25,30H2,1-2H3,(H,51,53)(H,54,58). The van der Waals surface area contributed by atoms with E-state index in [9.17, 15) is 23.3 Å². The molecule has 9 rings (SSSR count).